The third-order valence-electron chi connectivity index (χ3n) is 3.46. The van der Waals surface area contributed by atoms with Gasteiger partial charge in [-0.1, -0.05) is 25.5 Å². The zero-order valence-corrected chi connectivity index (χ0v) is 14.7. The van der Waals surface area contributed by atoms with Crippen molar-refractivity contribution in [1.29, 1.82) is 0 Å². The maximum Gasteiger partial charge on any atom is 0.416 e. The zero-order chi connectivity index (χ0) is 18.2. The summed E-state index contributed by atoms with van der Waals surface area (Å²) in [6, 6.07) is 6.80. The fourth-order valence-electron chi connectivity index (χ4n) is 2.31. The Morgan fingerprint density at radius 1 is 1.28 bits per heavy atom. The highest BCUT2D eigenvalue weighted by atomic mass is 16.7. The molecule has 8 nitrogen and oxygen atoms in total. The maximum atomic E-state index is 12.5. The highest BCUT2D eigenvalue weighted by Crippen LogP contribution is 2.19. The molecule has 2 amide bonds. The molecule has 0 spiro atoms. The van der Waals surface area contributed by atoms with E-state index in [0.29, 0.717) is 24.2 Å². The number of aromatic nitrogens is 2. The van der Waals surface area contributed by atoms with Crippen molar-refractivity contribution in [1.82, 2.24) is 14.9 Å². The van der Waals surface area contributed by atoms with Gasteiger partial charge in [-0.2, -0.15) is 0 Å². The van der Waals surface area contributed by atoms with E-state index in [1.807, 2.05) is 13.0 Å². The van der Waals surface area contributed by atoms with Crippen LogP contribution in [0, 0.1) is 0 Å². The Bertz CT molecular complexity index is 729. The van der Waals surface area contributed by atoms with E-state index < -0.39 is 12.4 Å². The molecule has 8 heteroatoms. The summed E-state index contributed by atoms with van der Waals surface area (Å²) in [6.07, 6.45) is 0.410. The van der Waals surface area contributed by atoms with Crippen LogP contribution in [0.2, 0.25) is 0 Å². The van der Waals surface area contributed by atoms with E-state index in [2.05, 4.69) is 15.6 Å². The minimum Gasteiger partial charge on any atom is -0.420 e. The first-order valence-corrected chi connectivity index (χ1v) is 8.41. The predicted octanol–water partition coefficient (Wildman–Crippen LogP) is 3.33. The number of para-hydroxylation sites is 2. The Hall–Kier alpha value is -2.61. The van der Waals surface area contributed by atoms with Gasteiger partial charge < -0.3 is 14.8 Å². The average Bonchev–Trinajstić information content (AvgIpc) is 2.92. The number of amides is 2. The lowest BCUT2D eigenvalue weighted by Gasteiger charge is -2.14. The van der Waals surface area contributed by atoms with Crippen LogP contribution in [-0.4, -0.2) is 41.1 Å². The molecule has 0 saturated carbocycles. The number of unbranched alkanes of at least 4 members (excludes halogenated alkanes) is 1. The summed E-state index contributed by atoms with van der Waals surface area (Å²) in [5.74, 6) is 0.101. The summed E-state index contributed by atoms with van der Waals surface area (Å²) >= 11 is 0. The number of carbonyl (C=O) groups excluding carboxylic acids is 2. The molecule has 136 valence electrons. The van der Waals surface area contributed by atoms with Crippen molar-refractivity contribution in [2.24, 2.45) is 0 Å². The van der Waals surface area contributed by atoms with Crippen molar-refractivity contribution < 1.29 is 19.1 Å². The predicted molar refractivity (Wildman–Crippen MR) is 94.6 cm³/mol. The lowest BCUT2D eigenvalue weighted by molar-refractivity contribution is -0.0828. The first kappa shape index (κ1) is 18.7. The van der Waals surface area contributed by atoms with Crippen LogP contribution in [0.15, 0.2) is 24.3 Å². The standard InChI is InChI=1S/C17H24N4O4/c1-4-6-11-18-16(22)21-14-10-8-7-9-13(14)19-15(21)20-17(23)25-12(3)24-5-2/h7-10,12H,4-6,11H2,1-3H3,(H,18,22)(H,19,20,23). The van der Waals surface area contributed by atoms with Gasteiger partial charge in [0.2, 0.25) is 12.2 Å². The molecule has 1 heterocycles. The smallest absolute Gasteiger partial charge is 0.416 e. The second-order valence-corrected chi connectivity index (χ2v) is 5.40. The van der Waals surface area contributed by atoms with Crippen molar-refractivity contribution in [2.45, 2.75) is 39.9 Å². The number of hydrogen-bond acceptors (Lipinski definition) is 5. The summed E-state index contributed by atoms with van der Waals surface area (Å²) in [5.41, 5.74) is 1.20. The number of anilines is 1. The lowest BCUT2D eigenvalue weighted by atomic mass is 10.3. The summed E-state index contributed by atoms with van der Waals surface area (Å²) in [4.78, 5) is 28.8. The number of fused-ring (bicyclic) bond motifs is 1. The van der Waals surface area contributed by atoms with E-state index in [9.17, 15) is 9.59 Å². The van der Waals surface area contributed by atoms with E-state index in [-0.39, 0.29) is 12.0 Å². The van der Waals surface area contributed by atoms with Gasteiger partial charge in [0.15, 0.2) is 0 Å². The van der Waals surface area contributed by atoms with Gasteiger partial charge in [0.05, 0.1) is 11.0 Å². The van der Waals surface area contributed by atoms with Gasteiger partial charge in [-0.15, -0.1) is 0 Å². The number of carbonyl (C=O) groups is 2. The summed E-state index contributed by atoms with van der Waals surface area (Å²) in [7, 11) is 0. The monoisotopic (exact) mass is 348 g/mol. The van der Waals surface area contributed by atoms with Crippen LogP contribution >= 0.6 is 0 Å². The van der Waals surface area contributed by atoms with Gasteiger partial charge in [0.25, 0.3) is 0 Å². The second-order valence-electron chi connectivity index (χ2n) is 5.40. The van der Waals surface area contributed by atoms with Crippen LogP contribution in [-0.2, 0) is 9.47 Å². The largest absolute Gasteiger partial charge is 0.420 e. The number of nitrogens with zero attached hydrogens (tertiary/aromatic N) is 2. The van der Waals surface area contributed by atoms with E-state index in [1.165, 1.54) is 4.57 Å². The maximum absolute atomic E-state index is 12.5. The highest BCUT2D eigenvalue weighted by molar-refractivity contribution is 5.96. The Morgan fingerprint density at radius 3 is 2.76 bits per heavy atom. The van der Waals surface area contributed by atoms with E-state index >= 15 is 0 Å². The van der Waals surface area contributed by atoms with E-state index in [1.54, 1.807) is 32.0 Å². The number of ether oxygens (including phenoxy) is 2. The lowest BCUT2D eigenvalue weighted by Crippen LogP contribution is -2.31. The molecule has 2 aromatic rings. The minimum absolute atomic E-state index is 0.101. The normalized spacial score (nSPS) is 12.0. The molecular formula is C17H24N4O4. The summed E-state index contributed by atoms with van der Waals surface area (Å²) in [5, 5.41) is 5.33. The van der Waals surface area contributed by atoms with Crippen molar-refractivity contribution in [3.05, 3.63) is 24.3 Å². The van der Waals surface area contributed by atoms with Gasteiger partial charge in [-0.25, -0.2) is 19.1 Å². The highest BCUT2D eigenvalue weighted by Gasteiger charge is 2.19. The Balaban J connectivity index is 2.21. The topological polar surface area (TPSA) is 94.5 Å². The van der Waals surface area contributed by atoms with Crippen molar-refractivity contribution >= 4 is 29.1 Å². The minimum atomic E-state index is -0.737. The Kier molecular flexibility index (Phi) is 6.76. The number of benzene rings is 1. The van der Waals surface area contributed by atoms with E-state index in [4.69, 9.17) is 9.47 Å². The van der Waals surface area contributed by atoms with Gasteiger partial charge >= 0.3 is 12.1 Å². The third-order valence-corrected chi connectivity index (χ3v) is 3.46. The third kappa shape index (κ3) is 4.93. The van der Waals surface area contributed by atoms with Gasteiger partial charge in [-0.3, -0.25) is 5.32 Å². The summed E-state index contributed by atoms with van der Waals surface area (Å²) < 4.78 is 11.6. The molecule has 2 N–H and O–H groups in total. The molecule has 0 radical (unpaired) electrons. The first-order valence-electron chi connectivity index (χ1n) is 8.41. The molecule has 25 heavy (non-hydrogen) atoms. The van der Waals surface area contributed by atoms with Gasteiger partial charge in [0, 0.05) is 13.2 Å². The van der Waals surface area contributed by atoms with Crippen LogP contribution < -0.4 is 10.6 Å². The molecule has 1 aromatic carbocycles. The van der Waals surface area contributed by atoms with Gasteiger partial charge in [-0.05, 0) is 32.4 Å². The molecule has 1 atom stereocenters. The van der Waals surface area contributed by atoms with Crippen LogP contribution in [0.4, 0.5) is 15.5 Å². The molecule has 2 rings (SSSR count). The van der Waals surface area contributed by atoms with Crippen molar-refractivity contribution in [3.63, 3.8) is 0 Å². The Morgan fingerprint density at radius 2 is 2.04 bits per heavy atom. The molecule has 0 aliphatic rings. The fourth-order valence-corrected chi connectivity index (χ4v) is 2.31. The zero-order valence-electron chi connectivity index (χ0n) is 14.7. The quantitative estimate of drug-likeness (QED) is 0.591. The van der Waals surface area contributed by atoms with Crippen LogP contribution in [0.3, 0.4) is 0 Å². The molecule has 0 aliphatic carbocycles. The van der Waals surface area contributed by atoms with Crippen molar-refractivity contribution in [2.75, 3.05) is 18.5 Å². The number of nitrogens with one attached hydrogen (secondary N) is 2. The van der Waals surface area contributed by atoms with Crippen LogP contribution in [0.1, 0.15) is 33.6 Å². The number of hydrogen-bond donors (Lipinski definition) is 2. The summed E-state index contributed by atoms with van der Waals surface area (Å²) in [6.45, 7) is 6.43. The fraction of sp³-hybridized carbons (Fsp3) is 0.471. The van der Waals surface area contributed by atoms with Crippen molar-refractivity contribution in [3.8, 4) is 0 Å². The van der Waals surface area contributed by atoms with Crippen LogP contribution in [0.5, 0.6) is 0 Å². The molecule has 0 fully saturated rings. The van der Waals surface area contributed by atoms with Gasteiger partial charge in [0.1, 0.15) is 0 Å². The molecule has 0 saturated heterocycles. The second kappa shape index (κ2) is 9.03. The van der Waals surface area contributed by atoms with Crippen LogP contribution in [0.25, 0.3) is 11.0 Å². The SMILES string of the molecule is CCCCNC(=O)n1c(NC(=O)OC(C)OCC)nc2ccccc21. The number of rotatable bonds is 7. The molecular weight excluding hydrogens is 324 g/mol. The van der Waals surface area contributed by atoms with E-state index in [0.717, 1.165) is 12.8 Å². The number of imidazole rings is 1. The molecule has 0 aliphatic heterocycles. The average molecular weight is 348 g/mol. The molecule has 1 aromatic heterocycles. The molecule has 0 bridgehead atoms. The first-order chi connectivity index (χ1) is 12.1. The molecule has 1 unspecified atom stereocenters. The Labute approximate surface area is 146 Å².